The van der Waals surface area contributed by atoms with Crippen LogP contribution in [-0.4, -0.2) is 46.2 Å². The predicted octanol–water partition coefficient (Wildman–Crippen LogP) is 3.60. The largest absolute Gasteiger partial charge is 0.356 e. The summed E-state index contributed by atoms with van der Waals surface area (Å²) >= 11 is 6.01. The van der Waals surface area contributed by atoms with Crippen molar-refractivity contribution in [2.45, 2.75) is 13.0 Å². The van der Waals surface area contributed by atoms with Gasteiger partial charge in [0.05, 0.1) is 6.54 Å². The fraction of sp³-hybridized carbons (Fsp3) is 0.316. The van der Waals surface area contributed by atoms with E-state index in [1.807, 2.05) is 50.6 Å². The third-order valence-electron chi connectivity index (χ3n) is 4.20. The molecule has 150 valence electrons. The molecule has 0 amide bonds. The highest BCUT2D eigenvalue weighted by Crippen LogP contribution is 2.19. The number of guanidine groups is 1. The molecule has 0 aliphatic carbocycles. The van der Waals surface area contributed by atoms with Gasteiger partial charge in [-0.25, -0.2) is 0 Å². The highest BCUT2D eigenvalue weighted by atomic mass is 127. The molecule has 0 spiro atoms. The molecule has 2 heterocycles. The number of aryl methyl sites for hydroxylation is 1. The molecule has 0 aliphatic heterocycles. The number of nitrogens with one attached hydrogen (secondary N) is 1. The van der Waals surface area contributed by atoms with Gasteiger partial charge in [0.15, 0.2) is 5.96 Å². The normalized spacial score (nSPS) is 11.2. The van der Waals surface area contributed by atoms with E-state index >= 15 is 0 Å². The number of nitrogens with zero attached hydrogens (tertiary/aromatic N) is 5. The monoisotopic (exact) mass is 514 g/mol. The Hall–Kier alpha value is -2.07. The molecule has 9 heteroatoms. The smallest absolute Gasteiger partial charge is 0.228 e. The third kappa shape index (κ3) is 5.71. The molecule has 28 heavy (non-hydrogen) atoms. The fourth-order valence-corrected chi connectivity index (χ4v) is 2.94. The summed E-state index contributed by atoms with van der Waals surface area (Å²) in [5.74, 6) is 1.92. The first-order valence-electron chi connectivity index (χ1n) is 8.67. The van der Waals surface area contributed by atoms with Crippen molar-refractivity contribution in [2.75, 3.05) is 20.6 Å². The van der Waals surface area contributed by atoms with Crippen LogP contribution < -0.4 is 5.32 Å². The second-order valence-corrected chi connectivity index (χ2v) is 6.65. The van der Waals surface area contributed by atoms with Gasteiger partial charge in [0.25, 0.3) is 0 Å². The van der Waals surface area contributed by atoms with Crippen molar-refractivity contribution in [1.82, 2.24) is 24.9 Å². The molecule has 1 aromatic carbocycles. The van der Waals surface area contributed by atoms with Gasteiger partial charge in [-0.05, 0) is 24.3 Å². The molecular weight excluding hydrogens is 491 g/mol. The summed E-state index contributed by atoms with van der Waals surface area (Å²) in [4.78, 5) is 10.8. The first kappa shape index (κ1) is 22.2. The van der Waals surface area contributed by atoms with Crippen LogP contribution in [0.3, 0.4) is 0 Å². The maximum Gasteiger partial charge on any atom is 0.228 e. The lowest BCUT2D eigenvalue weighted by Crippen LogP contribution is -2.39. The van der Waals surface area contributed by atoms with Crippen LogP contribution in [0.1, 0.15) is 11.6 Å². The summed E-state index contributed by atoms with van der Waals surface area (Å²) in [6.07, 6.45) is 2.64. The van der Waals surface area contributed by atoms with E-state index in [0.29, 0.717) is 29.7 Å². The molecule has 7 nitrogen and oxygen atoms in total. The van der Waals surface area contributed by atoms with Crippen molar-refractivity contribution in [2.24, 2.45) is 12.0 Å². The SMILES string of the molecule is CN=C(NCCc1nc(-c2cccc(Cl)c2)no1)N(C)Cc1cccn1C.I. The Morgan fingerprint density at radius 2 is 2.14 bits per heavy atom. The van der Waals surface area contributed by atoms with Gasteiger partial charge in [-0.3, -0.25) is 4.99 Å². The maximum atomic E-state index is 6.01. The second-order valence-electron chi connectivity index (χ2n) is 6.21. The Labute approximate surface area is 186 Å². The van der Waals surface area contributed by atoms with Gasteiger partial charge in [-0.1, -0.05) is 28.9 Å². The summed E-state index contributed by atoms with van der Waals surface area (Å²) < 4.78 is 7.43. The molecule has 0 atom stereocenters. The summed E-state index contributed by atoms with van der Waals surface area (Å²) in [5, 5.41) is 7.99. The molecule has 1 N–H and O–H groups in total. The Balaban J connectivity index is 0.00000280. The third-order valence-corrected chi connectivity index (χ3v) is 4.43. The minimum absolute atomic E-state index is 0. The van der Waals surface area contributed by atoms with Crippen molar-refractivity contribution in [3.63, 3.8) is 0 Å². The first-order valence-corrected chi connectivity index (χ1v) is 9.05. The average molecular weight is 515 g/mol. The van der Waals surface area contributed by atoms with E-state index < -0.39 is 0 Å². The number of aliphatic imine (C=N–C) groups is 1. The fourth-order valence-electron chi connectivity index (χ4n) is 2.75. The Bertz CT molecular complexity index is 923. The van der Waals surface area contributed by atoms with E-state index in [1.165, 1.54) is 5.69 Å². The number of hydrogen-bond donors (Lipinski definition) is 1. The second kappa shape index (κ2) is 10.5. The number of halogens is 2. The van der Waals surface area contributed by atoms with Crippen LogP contribution in [0, 0.1) is 0 Å². The van der Waals surface area contributed by atoms with E-state index in [4.69, 9.17) is 16.1 Å². The molecule has 3 aromatic rings. The van der Waals surface area contributed by atoms with Gasteiger partial charge in [0, 0.05) is 56.6 Å². The summed E-state index contributed by atoms with van der Waals surface area (Å²) in [6, 6.07) is 11.5. The van der Waals surface area contributed by atoms with E-state index in [1.54, 1.807) is 7.05 Å². The quantitative estimate of drug-likeness (QED) is 0.309. The average Bonchev–Trinajstić information content (AvgIpc) is 3.28. The molecule has 0 saturated heterocycles. The lowest BCUT2D eigenvalue weighted by atomic mass is 10.2. The van der Waals surface area contributed by atoms with Gasteiger partial charge in [0.2, 0.25) is 11.7 Å². The standard InChI is InChI=1S/C19H23ClN6O.HI/c1-21-19(26(3)13-16-8-5-11-25(16)2)22-10-9-17-23-18(24-27-17)14-6-4-7-15(20)12-14;/h4-8,11-12H,9-10,13H2,1-3H3,(H,21,22);1H. The van der Waals surface area contributed by atoms with Crippen molar-refractivity contribution >= 4 is 41.5 Å². The number of rotatable bonds is 6. The first-order chi connectivity index (χ1) is 13.1. The minimum atomic E-state index is 0. The van der Waals surface area contributed by atoms with Crippen molar-refractivity contribution in [3.8, 4) is 11.4 Å². The maximum absolute atomic E-state index is 6.01. The molecule has 0 radical (unpaired) electrons. The van der Waals surface area contributed by atoms with Crippen molar-refractivity contribution < 1.29 is 4.52 Å². The lowest BCUT2D eigenvalue weighted by Gasteiger charge is -2.22. The van der Waals surface area contributed by atoms with E-state index in [-0.39, 0.29) is 24.0 Å². The Kier molecular flexibility index (Phi) is 8.31. The van der Waals surface area contributed by atoms with Gasteiger partial charge in [0.1, 0.15) is 0 Å². The zero-order valence-corrected chi connectivity index (χ0v) is 19.2. The Morgan fingerprint density at radius 3 is 2.82 bits per heavy atom. The van der Waals surface area contributed by atoms with Crippen molar-refractivity contribution in [1.29, 1.82) is 0 Å². The lowest BCUT2D eigenvalue weighted by molar-refractivity contribution is 0.377. The van der Waals surface area contributed by atoms with Crippen molar-refractivity contribution in [3.05, 3.63) is 59.2 Å². The number of aromatic nitrogens is 3. The Morgan fingerprint density at radius 1 is 1.32 bits per heavy atom. The van der Waals surface area contributed by atoms with Gasteiger partial charge >= 0.3 is 0 Å². The van der Waals surface area contributed by atoms with Crippen LogP contribution in [0.25, 0.3) is 11.4 Å². The van der Waals surface area contributed by atoms with Crippen LogP contribution in [0.5, 0.6) is 0 Å². The van der Waals surface area contributed by atoms with Gasteiger partial charge in [-0.2, -0.15) is 4.98 Å². The predicted molar refractivity (Wildman–Crippen MR) is 122 cm³/mol. The van der Waals surface area contributed by atoms with E-state index in [9.17, 15) is 0 Å². The van der Waals surface area contributed by atoms with Gasteiger partial charge in [-0.15, -0.1) is 24.0 Å². The van der Waals surface area contributed by atoms with Gasteiger partial charge < -0.3 is 19.3 Å². The number of hydrogen-bond acceptors (Lipinski definition) is 4. The molecule has 0 aliphatic rings. The minimum Gasteiger partial charge on any atom is -0.356 e. The number of benzene rings is 1. The van der Waals surface area contributed by atoms with Crippen LogP contribution in [0.15, 0.2) is 52.1 Å². The molecule has 0 unspecified atom stereocenters. The summed E-state index contributed by atoms with van der Waals surface area (Å²) in [5.41, 5.74) is 2.05. The molecule has 0 bridgehead atoms. The van der Waals surface area contributed by atoms with Crippen LogP contribution in [0.4, 0.5) is 0 Å². The summed E-state index contributed by atoms with van der Waals surface area (Å²) in [7, 11) is 5.81. The zero-order valence-electron chi connectivity index (χ0n) is 16.1. The van der Waals surface area contributed by atoms with Crippen LogP contribution in [-0.2, 0) is 20.0 Å². The molecule has 2 aromatic heterocycles. The highest BCUT2D eigenvalue weighted by Gasteiger charge is 2.11. The van der Waals surface area contributed by atoms with E-state index in [2.05, 4.69) is 36.0 Å². The zero-order chi connectivity index (χ0) is 19.2. The molecule has 3 rings (SSSR count). The molecule has 0 saturated carbocycles. The highest BCUT2D eigenvalue weighted by molar-refractivity contribution is 14.0. The molecular formula is C19H24ClIN6O. The summed E-state index contributed by atoms with van der Waals surface area (Å²) in [6.45, 7) is 1.41. The topological polar surface area (TPSA) is 71.5 Å². The van der Waals surface area contributed by atoms with Crippen LogP contribution >= 0.6 is 35.6 Å². The molecule has 0 fully saturated rings. The van der Waals surface area contributed by atoms with E-state index in [0.717, 1.165) is 18.1 Å². The van der Waals surface area contributed by atoms with Crippen LogP contribution in [0.2, 0.25) is 5.02 Å².